The van der Waals surface area contributed by atoms with E-state index in [0.29, 0.717) is 25.9 Å². The van der Waals surface area contributed by atoms with Gasteiger partial charge in [-0.3, -0.25) is 9.59 Å². The first-order chi connectivity index (χ1) is 13.0. The van der Waals surface area contributed by atoms with Crippen LogP contribution in [0.3, 0.4) is 0 Å². The summed E-state index contributed by atoms with van der Waals surface area (Å²) in [6, 6.07) is 17.9. The maximum absolute atomic E-state index is 12.5. The molecule has 144 valence electrons. The number of hydrogen-bond donors (Lipinski definition) is 1. The van der Waals surface area contributed by atoms with Gasteiger partial charge >= 0.3 is 0 Å². The molecule has 1 N–H and O–H groups in total. The summed E-state index contributed by atoms with van der Waals surface area (Å²) in [6.45, 7) is 2.96. The van der Waals surface area contributed by atoms with Gasteiger partial charge in [0.15, 0.2) is 0 Å². The van der Waals surface area contributed by atoms with E-state index in [-0.39, 0.29) is 17.7 Å². The molecule has 0 spiro atoms. The van der Waals surface area contributed by atoms with E-state index < -0.39 is 0 Å². The fourth-order valence-electron chi connectivity index (χ4n) is 2.94. The van der Waals surface area contributed by atoms with Gasteiger partial charge in [0.05, 0.1) is 0 Å². The molecule has 0 aliphatic rings. The number of carbonyl (C=O) groups excluding carboxylic acids is 2. The Bertz CT molecular complexity index is 749. The van der Waals surface area contributed by atoms with Crippen LogP contribution in [0.1, 0.15) is 30.9 Å². The molecule has 0 bridgehead atoms. The van der Waals surface area contributed by atoms with Crippen LogP contribution in [0.15, 0.2) is 59.1 Å². The molecule has 2 amide bonds. The van der Waals surface area contributed by atoms with Crippen molar-refractivity contribution in [3.05, 3.63) is 70.2 Å². The Morgan fingerprint density at radius 2 is 1.78 bits per heavy atom. The zero-order valence-corrected chi connectivity index (χ0v) is 17.5. The van der Waals surface area contributed by atoms with Gasteiger partial charge in [-0.15, -0.1) is 0 Å². The molecule has 0 heterocycles. The summed E-state index contributed by atoms with van der Waals surface area (Å²) in [7, 11) is 1.79. The van der Waals surface area contributed by atoms with Crippen molar-refractivity contribution in [2.45, 2.75) is 32.7 Å². The zero-order valence-electron chi connectivity index (χ0n) is 16.0. The van der Waals surface area contributed by atoms with Gasteiger partial charge in [-0.1, -0.05) is 65.3 Å². The lowest BCUT2D eigenvalue weighted by atomic mass is 9.96. The van der Waals surface area contributed by atoms with Crippen molar-refractivity contribution in [2.75, 3.05) is 13.6 Å². The van der Waals surface area contributed by atoms with E-state index >= 15 is 0 Å². The van der Waals surface area contributed by atoms with Crippen molar-refractivity contribution in [3.8, 4) is 0 Å². The predicted octanol–water partition coefficient (Wildman–Crippen LogP) is 4.18. The SMILES string of the molecule is CCC(Cc1cccc(Br)c1)C(=O)NCCC(=O)N(C)Cc1ccccc1. The Hall–Kier alpha value is -2.14. The molecule has 1 atom stereocenters. The standard InChI is InChI=1S/C22H27BrN2O2/c1-3-19(14-18-10-7-11-20(23)15-18)22(27)24-13-12-21(26)25(2)16-17-8-5-4-6-9-17/h4-11,15,19H,3,12-14,16H2,1-2H3,(H,24,27). The van der Waals surface area contributed by atoms with Crippen molar-refractivity contribution in [3.63, 3.8) is 0 Å². The lowest BCUT2D eigenvalue weighted by Crippen LogP contribution is -2.35. The molecule has 0 fully saturated rings. The van der Waals surface area contributed by atoms with Gasteiger partial charge in [0.25, 0.3) is 0 Å². The third-order valence-electron chi connectivity index (χ3n) is 4.56. The van der Waals surface area contributed by atoms with Crippen LogP contribution < -0.4 is 5.32 Å². The fourth-order valence-corrected chi connectivity index (χ4v) is 3.39. The van der Waals surface area contributed by atoms with Crippen molar-refractivity contribution >= 4 is 27.7 Å². The Morgan fingerprint density at radius 3 is 2.44 bits per heavy atom. The quantitative estimate of drug-likeness (QED) is 0.648. The highest BCUT2D eigenvalue weighted by atomic mass is 79.9. The molecule has 1 unspecified atom stereocenters. The smallest absolute Gasteiger partial charge is 0.224 e. The van der Waals surface area contributed by atoms with Gasteiger partial charge in [0, 0.05) is 36.9 Å². The molecule has 0 saturated carbocycles. The minimum Gasteiger partial charge on any atom is -0.355 e. The maximum atomic E-state index is 12.5. The van der Waals surface area contributed by atoms with Crippen molar-refractivity contribution in [1.29, 1.82) is 0 Å². The molecule has 5 heteroatoms. The molecule has 0 aliphatic carbocycles. The first-order valence-electron chi connectivity index (χ1n) is 9.29. The van der Waals surface area contributed by atoms with E-state index in [2.05, 4.69) is 21.2 Å². The van der Waals surface area contributed by atoms with Gasteiger partial charge in [-0.2, -0.15) is 0 Å². The predicted molar refractivity (Wildman–Crippen MR) is 112 cm³/mol. The van der Waals surface area contributed by atoms with Gasteiger partial charge in [-0.05, 0) is 36.1 Å². The highest BCUT2D eigenvalue weighted by Crippen LogP contribution is 2.17. The van der Waals surface area contributed by atoms with Gasteiger partial charge < -0.3 is 10.2 Å². The molecule has 4 nitrogen and oxygen atoms in total. The number of nitrogens with zero attached hydrogens (tertiary/aromatic N) is 1. The summed E-state index contributed by atoms with van der Waals surface area (Å²) < 4.78 is 1.02. The van der Waals surface area contributed by atoms with Crippen LogP contribution in [-0.2, 0) is 22.6 Å². The second-order valence-corrected chi connectivity index (χ2v) is 7.63. The molecule has 2 rings (SSSR count). The maximum Gasteiger partial charge on any atom is 0.224 e. The topological polar surface area (TPSA) is 49.4 Å². The Kier molecular flexibility index (Phi) is 8.52. The number of carbonyl (C=O) groups is 2. The second kappa shape index (κ2) is 10.9. The molecule has 2 aromatic rings. The van der Waals surface area contributed by atoms with Crippen molar-refractivity contribution in [2.24, 2.45) is 5.92 Å². The summed E-state index contributed by atoms with van der Waals surface area (Å²) in [6.07, 6.45) is 1.77. The summed E-state index contributed by atoms with van der Waals surface area (Å²) in [4.78, 5) is 26.4. The van der Waals surface area contributed by atoms with Crippen LogP contribution in [0.25, 0.3) is 0 Å². The third-order valence-corrected chi connectivity index (χ3v) is 5.05. The van der Waals surface area contributed by atoms with Crippen LogP contribution in [0, 0.1) is 5.92 Å². The zero-order chi connectivity index (χ0) is 19.6. The van der Waals surface area contributed by atoms with Crippen LogP contribution in [0.2, 0.25) is 0 Å². The summed E-state index contributed by atoms with van der Waals surface area (Å²) in [5.41, 5.74) is 2.22. The largest absolute Gasteiger partial charge is 0.355 e. The van der Waals surface area contributed by atoms with Crippen LogP contribution >= 0.6 is 15.9 Å². The average Bonchev–Trinajstić information content (AvgIpc) is 2.66. The van der Waals surface area contributed by atoms with E-state index in [0.717, 1.165) is 22.0 Å². The minimum atomic E-state index is -0.0866. The highest BCUT2D eigenvalue weighted by Gasteiger charge is 2.17. The Morgan fingerprint density at radius 1 is 1.07 bits per heavy atom. The monoisotopic (exact) mass is 430 g/mol. The third kappa shape index (κ3) is 7.18. The van der Waals surface area contributed by atoms with Crippen molar-refractivity contribution < 1.29 is 9.59 Å². The summed E-state index contributed by atoms with van der Waals surface area (Å²) in [5, 5.41) is 2.92. The molecule has 0 aromatic heterocycles. The molecular weight excluding hydrogens is 404 g/mol. The normalized spacial score (nSPS) is 11.7. The van der Waals surface area contributed by atoms with Gasteiger partial charge in [0.1, 0.15) is 0 Å². The van der Waals surface area contributed by atoms with E-state index in [1.165, 1.54) is 0 Å². The number of rotatable bonds is 9. The Labute approximate surface area is 170 Å². The molecule has 27 heavy (non-hydrogen) atoms. The molecule has 0 radical (unpaired) electrons. The van der Waals surface area contributed by atoms with E-state index in [1.807, 2.05) is 61.5 Å². The fraction of sp³-hybridized carbons (Fsp3) is 0.364. The number of halogens is 1. The van der Waals surface area contributed by atoms with E-state index in [1.54, 1.807) is 11.9 Å². The lowest BCUT2D eigenvalue weighted by molar-refractivity contribution is -0.130. The number of amides is 2. The van der Waals surface area contributed by atoms with Crippen LogP contribution in [0.5, 0.6) is 0 Å². The highest BCUT2D eigenvalue weighted by molar-refractivity contribution is 9.10. The molecule has 0 aliphatic heterocycles. The number of benzene rings is 2. The number of nitrogens with one attached hydrogen (secondary N) is 1. The second-order valence-electron chi connectivity index (χ2n) is 6.72. The molecule has 2 aromatic carbocycles. The number of hydrogen-bond acceptors (Lipinski definition) is 2. The molecular formula is C22H27BrN2O2. The average molecular weight is 431 g/mol. The van der Waals surface area contributed by atoms with Crippen LogP contribution in [0.4, 0.5) is 0 Å². The van der Waals surface area contributed by atoms with E-state index in [9.17, 15) is 9.59 Å². The van der Waals surface area contributed by atoms with E-state index in [4.69, 9.17) is 0 Å². The van der Waals surface area contributed by atoms with Gasteiger partial charge in [0.2, 0.25) is 11.8 Å². The first-order valence-corrected chi connectivity index (χ1v) is 10.1. The lowest BCUT2D eigenvalue weighted by Gasteiger charge is -2.18. The summed E-state index contributed by atoms with van der Waals surface area (Å²) in [5.74, 6) is -0.0494. The minimum absolute atomic E-state index is 0.0102. The van der Waals surface area contributed by atoms with Gasteiger partial charge in [-0.25, -0.2) is 0 Å². The Balaban J connectivity index is 1.77. The molecule has 0 saturated heterocycles. The van der Waals surface area contributed by atoms with Crippen LogP contribution in [-0.4, -0.2) is 30.3 Å². The van der Waals surface area contributed by atoms with Crippen molar-refractivity contribution in [1.82, 2.24) is 10.2 Å². The first kappa shape index (κ1) is 21.2. The summed E-state index contributed by atoms with van der Waals surface area (Å²) >= 11 is 3.46.